The summed E-state index contributed by atoms with van der Waals surface area (Å²) in [5, 5.41) is 2.95. The van der Waals surface area contributed by atoms with E-state index in [0.717, 1.165) is 0 Å². The summed E-state index contributed by atoms with van der Waals surface area (Å²) in [5.74, 6) is 0.562. The third kappa shape index (κ3) is 6.99. The van der Waals surface area contributed by atoms with Gasteiger partial charge in [-0.1, -0.05) is 47.7 Å². The second-order valence-corrected chi connectivity index (χ2v) is 10.9. The molecule has 0 unspecified atom stereocenters. The van der Waals surface area contributed by atoms with Crippen LogP contribution >= 0.6 is 11.3 Å². The molecule has 45 heavy (non-hydrogen) atoms. The number of esters is 1. The van der Waals surface area contributed by atoms with Crippen LogP contribution < -0.4 is 34.4 Å². The quantitative estimate of drug-likeness (QED) is 0.248. The second-order valence-electron chi connectivity index (χ2n) is 9.91. The number of para-hydroxylation sites is 1. The minimum atomic E-state index is -0.750. The number of nitrogens with one attached hydrogen (secondary N) is 1. The number of methoxy groups -OCH3 is 1. The number of anilines is 1. The van der Waals surface area contributed by atoms with E-state index in [4.69, 9.17) is 23.9 Å². The zero-order valence-electron chi connectivity index (χ0n) is 25.4. The highest BCUT2D eigenvalue weighted by Gasteiger charge is 2.32. The van der Waals surface area contributed by atoms with E-state index < -0.39 is 12.0 Å². The van der Waals surface area contributed by atoms with E-state index in [0.29, 0.717) is 61.3 Å². The predicted molar refractivity (Wildman–Crippen MR) is 172 cm³/mol. The lowest BCUT2D eigenvalue weighted by molar-refractivity contribution is -0.145. The third-order valence-electron chi connectivity index (χ3n) is 6.92. The number of carbonyl (C=O) groups is 2. The Kier molecular flexibility index (Phi) is 9.79. The maximum Gasteiger partial charge on any atom is 0.344 e. The summed E-state index contributed by atoms with van der Waals surface area (Å²) in [6.07, 6.45) is 1.74. The Morgan fingerprint density at radius 2 is 1.78 bits per heavy atom. The Morgan fingerprint density at radius 3 is 2.51 bits per heavy atom. The second kappa shape index (κ2) is 14.1. The number of thiazole rings is 1. The fraction of sp³-hybridized carbons (Fsp3) is 0.235. The summed E-state index contributed by atoms with van der Waals surface area (Å²) in [6.45, 7) is 5.71. The number of nitrogens with zero attached hydrogens (tertiary/aromatic N) is 2. The summed E-state index contributed by atoms with van der Waals surface area (Å²) in [7, 11) is 1.57. The van der Waals surface area contributed by atoms with Crippen LogP contribution in [0.4, 0.5) is 5.69 Å². The molecule has 2 heterocycles. The van der Waals surface area contributed by atoms with Crippen LogP contribution in [0.2, 0.25) is 0 Å². The van der Waals surface area contributed by atoms with Crippen molar-refractivity contribution in [2.45, 2.75) is 26.8 Å². The van der Waals surface area contributed by atoms with Crippen LogP contribution in [0.25, 0.3) is 6.08 Å². The van der Waals surface area contributed by atoms with Crippen LogP contribution in [-0.2, 0) is 14.3 Å². The SMILES string of the molecule is CCOC(=O)COc1ccc(/C=c2\sc3n(c2=O)[C@H](c2cccc(OC)c2)C(C(=O)Nc2ccccc2)=C(C)N=3)cc1OCC. The molecule has 4 aromatic rings. The van der Waals surface area contributed by atoms with Gasteiger partial charge in [-0.05, 0) is 74.4 Å². The normalized spacial score (nSPS) is 14.3. The van der Waals surface area contributed by atoms with Crippen LogP contribution in [0.15, 0.2) is 93.9 Å². The molecular formula is C34H33N3O7S. The zero-order chi connectivity index (χ0) is 31.9. The first-order valence-corrected chi connectivity index (χ1v) is 15.2. The van der Waals surface area contributed by atoms with Crippen LogP contribution in [0.5, 0.6) is 17.2 Å². The summed E-state index contributed by atoms with van der Waals surface area (Å²) in [4.78, 5) is 44.8. The fourth-order valence-electron chi connectivity index (χ4n) is 4.95. The molecule has 232 valence electrons. The molecule has 0 aliphatic carbocycles. The average molecular weight is 628 g/mol. The van der Waals surface area contributed by atoms with Gasteiger partial charge in [-0.15, -0.1) is 0 Å². The summed E-state index contributed by atoms with van der Waals surface area (Å²) >= 11 is 1.23. The van der Waals surface area contributed by atoms with Gasteiger partial charge in [0.2, 0.25) is 0 Å². The zero-order valence-corrected chi connectivity index (χ0v) is 26.2. The molecule has 1 atom stereocenters. The number of rotatable bonds is 11. The van der Waals surface area contributed by atoms with Gasteiger partial charge in [0.25, 0.3) is 11.5 Å². The molecule has 1 aliphatic rings. The first-order chi connectivity index (χ1) is 21.8. The summed E-state index contributed by atoms with van der Waals surface area (Å²) in [5.41, 5.74) is 2.58. The average Bonchev–Trinajstić information content (AvgIpc) is 3.34. The highest BCUT2D eigenvalue weighted by Crippen LogP contribution is 2.33. The van der Waals surface area contributed by atoms with Crippen molar-refractivity contribution in [3.63, 3.8) is 0 Å². The summed E-state index contributed by atoms with van der Waals surface area (Å²) < 4.78 is 23.8. The van der Waals surface area contributed by atoms with E-state index in [-0.39, 0.29) is 24.7 Å². The predicted octanol–water partition coefficient (Wildman–Crippen LogP) is 4.22. The Hall–Kier alpha value is -5.16. The van der Waals surface area contributed by atoms with Crippen molar-refractivity contribution in [3.05, 3.63) is 115 Å². The standard InChI is InChI=1S/C34H33N3O7S/c1-5-42-27-17-22(15-16-26(27)44-20-29(38)43-6-2)18-28-33(40)37-31(23-11-10-14-25(19-23)41-4)30(21(3)35-34(37)45-28)32(39)36-24-12-8-7-9-13-24/h7-19,31H,5-6,20H2,1-4H3,(H,36,39)/b28-18-/t31-/m1/s1. The fourth-order valence-corrected chi connectivity index (χ4v) is 6.00. The number of carbonyl (C=O) groups excluding carboxylic acids is 2. The largest absolute Gasteiger partial charge is 0.497 e. The Bertz CT molecular complexity index is 1930. The lowest BCUT2D eigenvalue weighted by Gasteiger charge is -2.25. The van der Waals surface area contributed by atoms with Crippen molar-refractivity contribution >= 4 is 35.0 Å². The molecule has 0 bridgehead atoms. The number of aromatic nitrogens is 1. The number of hydrogen-bond acceptors (Lipinski definition) is 9. The third-order valence-corrected chi connectivity index (χ3v) is 7.91. The molecule has 1 amide bonds. The number of benzene rings is 3. The highest BCUT2D eigenvalue weighted by atomic mass is 32.1. The van der Waals surface area contributed by atoms with Crippen molar-refractivity contribution in [1.29, 1.82) is 0 Å². The van der Waals surface area contributed by atoms with Crippen LogP contribution in [-0.4, -0.2) is 43.4 Å². The topological polar surface area (TPSA) is 117 Å². The van der Waals surface area contributed by atoms with E-state index in [1.807, 2.05) is 49.4 Å². The monoisotopic (exact) mass is 627 g/mol. The van der Waals surface area contributed by atoms with Gasteiger partial charge >= 0.3 is 5.97 Å². The van der Waals surface area contributed by atoms with Crippen molar-refractivity contribution < 1.29 is 28.5 Å². The first kappa shape index (κ1) is 31.3. The molecule has 1 N–H and O–H groups in total. The lowest BCUT2D eigenvalue weighted by Crippen LogP contribution is -2.40. The molecule has 11 heteroatoms. The number of fused-ring (bicyclic) bond motifs is 1. The van der Waals surface area contributed by atoms with Crippen LogP contribution in [0, 0.1) is 0 Å². The minimum Gasteiger partial charge on any atom is -0.497 e. The molecule has 0 saturated carbocycles. The number of amides is 1. The molecule has 1 aromatic heterocycles. The van der Waals surface area contributed by atoms with Gasteiger partial charge < -0.3 is 24.3 Å². The first-order valence-electron chi connectivity index (χ1n) is 14.4. The number of allylic oxidation sites excluding steroid dienone is 1. The molecule has 0 saturated heterocycles. The molecule has 3 aromatic carbocycles. The van der Waals surface area contributed by atoms with Gasteiger partial charge in [0.15, 0.2) is 22.9 Å². The van der Waals surface area contributed by atoms with Gasteiger partial charge in [-0.25, -0.2) is 9.79 Å². The van der Waals surface area contributed by atoms with Gasteiger partial charge in [0.1, 0.15) is 5.75 Å². The van der Waals surface area contributed by atoms with Crippen LogP contribution in [0.1, 0.15) is 37.9 Å². The van der Waals surface area contributed by atoms with Crippen molar-refractivity contribution in [1.82, 2.24) is 4.57 Å². The lowest BCUT2D eigenvalue weighted by atomic mass is 9.95. The number of ether oxygens (including phenoxy) is 4. The number of hydrogen-bond donors (Lipinski definition) is 1. The van der Waals surface area contributed by atoms with Crippen LogP contribution in [0.3, 0.4) is 0 Å². The van der Waals surface area contributed by atoms with E-state index >= 15 is 0 Å². The smallest absolute Gasteiger partial charge is 0.344 e. The molecular weight excluding hydrogens is 594 g/mol. The van der Waals surface area contributed by atoms with Gasteiger partial charge in [-0.2, -0.15) is 0 Å². The molecule has 5 rings (SSSR count). The maximum atomic E-state index is 14.1. The highest BCUT2D eigenvalue weighted by molar-refractivity contribution is 7.07. The minimum absolute atomic E-state index is 0.254. The molecule has 0 radical (unpaired) electrons. The molecule has 1 aliphatic heterocycles. The Morgan fingerprint density at radius 1 is 0.978 bits per heavy atom. The van der Waals surface area contributed by atoms with Gasteiger partial charge in [-0.3, -0.25) is 14.2 Å². The Labute approximate surface area is 263 Å². The van der Waals surface area contributed by atoms with E-state index in [1.165, 1.54) is 11.3 Å². The van der Waals surface area contributed by atoms with Crippen molar-refractivity contribution in [2.24, 2.45) is 4.99 Å². The summed E-state index contributed by atoms with van der Waals surface area (Å²) in [6, 6.07) is 20.9. The van der Waals surface area contributed by atoms with Crippen molar-refractivity contribution in [2.75, 3.05) is 32.2 Å². The molecule has 10 nitrogen and oxygen atoms in total. The van der Waals surface area contributed by atoms with Crippen molar-refractivity contribution in [3.8, 4) is 17.2 Å². The molecule has 0 fully saturated rings. The van der Waals surface area contributed by atoms with E-state index in [9.17, 15) is 14.4 Å². The van der Waals surface area contributed by atoms with Gasteiger partial charge in [0, 0.05) is 5.69 Å². The van der Waals surface area contributed by atoms with Gasteiger partial charge in [0.05, 0.1) is 42.2 Å². The van der Waals surface area contributed by atoms with E-state index in [1.54, 1.807) is 61.9 Å². The Balaban J connectivity index is 1.58. The molecule has 0 spiro atoms. The van der Waals surface area contributed by atoms with E-state index in [2.05, 4.69) is 5.32 Å². The maximum absolute atomic E-state index is 14.1.